The zero-order valence-electron chi connectivity index (χ0n) is 11.6. The summed E-state index contributed by atoms with van der Waals surface area (Å²) >= 11 is 0. The SMILES string of the molecule is O=S(=O)([O-])Oc1ccccc1CC=Cc1ccccc1.[Na+]. The minimum atomic E-state index is -4.75. The number of allylic oxidation sites excluding steroid dienone is 1. The molecule has 0 atom stereocenters. The first-order valence-electron chi connectivity index (χ1n) is 5.99. The first kappa shape index (κ1) is 17.9. The van der Waals surface area contributed by atoms with Gasteiger partial charge in [-0.25, -0.2) is 8.42 Å². The molecule has 0 aliphatic heterocycles. The molecule has 104 valence electrons. The summed E-state index contributed by atoms with van der Waals surface area (Å²) in [5.41, 5.74) is 1.68. The van der Waals surface area contributed by atoms with Crippen molar-refractivity contribution >= 4 is 16.5 Å². The third kappa shape index (κ3) is 6.46. The van der Waals surface area contributed by atoms with E-state index in [2.05, 4.69) is 4.18 Å². The van der Waals surface area contributed by atoms with Gasteiger partial charge in [-0.15, -0.1) is 0 Å². The van der Waals surface area contributed by atoms with E-state index in [1.165, 1.54) is 6.07 Å². The van der Waals surface area contributed by atoms with Gasteiger partial charge in [0.25, 0.3) is 10.4 Å². The molecule has 2 aromatic carbocycles. The molecule has 21 heavy (non-hydrogen) atoms. The molecule has 0 amide bonds. The van der Waals surface area contributed by atoms with E-state index >= 15 is 0 Å². The molecule has 2 aromatic rings. The Kier molecular flexibility index (Phi) is 7.14. The van der Waals surface area contributed by atoms with Gasteiger partial charge in [0.1, 0.15) is 5.75 Å². The van der Waals surface area contributed by atoms with Gasteiger partial charge in [0.15, 0.2) is 0 Å². The van der Waals surface area contributed by atoms with Crippen LogP contribution in [0.25, 0.3) is 6.08 Å². The Hall–Kier alpha value is -1.11. The van der Waals surface area contributed by atoms with Gasteiger partial charge < -0.3 is 8.74 Å². The summed E-state index contributed by atoms with van der Waals surface area (Å²) in [7, 11) is -4.75. The molecule has 0 fully saturated rings. The number of para-hydroxylation sites is 1. The van der Waals surface area contributed by atoms with Crippen LogP contribution in [0.4, 0.5) is 0 Å². The average Bonchev–Trinajstić information content (AvgIpc) is 2.40. The third-order valence-electron chi connectivity index (χ3n) is 2.61. The fourth-order valence-corrected chi connectivity index (χ4v) is 2.13. The molecule has 0 N–H and O–H groups in total. The van der Waals surface area contributed by atoms with Crippen molar-refractivity contribution in [3.63, 3.8) is 0 Å². The van der Waals surface area contributed by atoms with Crippen molar-refractivity contribution < 1.29 is 46.7 Å². The maximum absolute atomic E-state index is 10.7. The van der Waals surface area contributed by atoms with Crippen molar-refractivity contribution in [2.45, 2.75) is 6.42 Å². The minimum absolute atomic E-state index is 0. The van der Waals surface area contributed by atoms with Gasteiger partial charge in [-0.2, -0.15) is 0 Å². The average molecular weight is 312 g/mol. The number of hydrogen-bond acceptors (Lipinski definition) is 4. The normalized spacial score (nSPS) is 11.1. The van der Waals surface area contributed by atoms with Crippen LogP contribution in [-0.4, -0.2) is 13.0 Å². The van der Waals surface area contributed by atoms with Crippen molar-refractivity contribution in [1.82, 2.24) is 0 Å². The molecule has 0 spiro atoms. The van der Waals surface area contributed by atoms with Gasteiger partial charge >= 0.3 is 29.6 Å². The van der Waals surface area contributed by atoms with Crippen molar-refractivity contribution in [3.05, 3.63) is 71.8 Å². The van der Waals surface area contributed by atoms with Crippen LogP contribution in [0.5, 0.6) is 5.75 Å². The fourth-order valence-electron chi connectivity index (χ4n) is 1.75. The van der Waals surface area contributed by atoms with Gasteiger partial charge in [-0.3, -0.25) is 0 Å². The standard InChI is InChI=1S/C15H14O4S.Na/c16-20(17,18)19-15-12-5-4-10-14(15)11-6-9-13-7-2-1-3-8-13;/h1-10,12H,11H2,(H,16,17,18);/q;+1/p-1. The fraction of sp³-hybridized carbons (Fsp3) is 0.0667. The van der Waals surface area contributed by atoms with E-state index in [-0.39, 0.29) is 35.3 Å². The van der Waals surface area contributed by atoms with Crippen molar-refractivity contribution in [2.75, 3.05) is 0 Å². The maximum Gasteiger partial charge on any atom is 1.00 e. The zero-order valence-corrected chi connectivity index (χ0v) is 14.4. The Morgan fingerprint density at radius 3 is 2.29 bits per heavy atom. The predicted molar refractivity (Wildman–Crippen MR) is 75.9 cm³/mol. The second-order valence-corrected chi connectivity index (χ2v) is 5.10. The van der Waals surface area contributed by atoms with Crippen molar-refractivity contribution in [2.24, 2.45) is 0 Å². The molecule has 2 rings (SSSR count). The van der Waals surface area contributed by atoms with Crippen LogP contribution in [-0.2, 0) is 16.8 Å². The maximum atomic E-state index is 10.7. The summed E-state index contributed by atoms with van der Waals surface area (Å²) < 4.78 is 36.4. The van der Waals surface area contributed by atoms with Crippen LogP contribution in [0.15, 0.2) is 60.7 Å². The van der Waals surface area contributed by atoms with Crippen LogP contribution in [0.1, 0.15) is 11.1 Å². The van der Waals surface area contributed by atoms with Gasteiger partial charge in [-0.05, 0) is 23.6 Å². The Morgan fingerprint density at radius 2 is 1.62 bits per heavy atom. The monoisotopic (exact) mass is 312 g/mol. The van der Waals surface area contributed by atoms with Crippen LogP contribution >= 0.6 is 0 Å². The van der Waals surface area contributed by atoms with E-state index in [1.807, 2.05) is 42.5 Å². The van der Waals surface area contributed by atoms with Crippen molar-refractivity contribution in [3.8, 4) is 5.75 Å². The molecular weight excluding hydrogens is 299 g/mol. The molecule has 0 aliphatic carbocycles. The van der Waals surface area contributed by atoms with Crippen LogP contribution in [0.2, 0.25) is 0 Å². The summed E-state index contributed by atoms with van der Waals surface area (Å²) in [6, 6.07) is 16.3. The predicted octanol–water partition coefficient (Wildman–Crippen LogP) is -0.214. The second-order valence-electron chi connectivity index (χ2n) is 4.12. The Labute approximate surface area is 146 Å². The molecule has 0 saturated heterocycles. The van der Waals surface area contributed by atoms with E-state index in [9.17, 15) is 13.0 Å². The van der Waals surface area contributed by atoms with E-state index < -0.39 is 10.4 Å². The Bertz CT molecular complexity index is 697. The van der Waals surface area contributed by atoms with E-state index in [1.54, 1.807) is 18.2 Å². The topological polar surface area (TPSA) is 66.4 Å². The molecule has 0 unspecified atom stereocenters. The van der Waals surface area contributed by atoms with Crippen LogP contribution in [0.3, 0.4) is 0 Å². The molecular formula is C15H13NaO4S. The number of benzene rings is 2. The quantitative estimate of drug-likeness (QED) is 0.435. The summed E-state index contributed by atoms with van der Waals surface area (Å²) in [5, 5.41) is 0. The van der Waals surface area contributed by atoms with Gasteiger partial charge in [0.05, 0.1) is 0 Å². The molecule has 0 aliphatic rings. The van der Waals surface area contributed by atoms with Crippen molar-refractivity contribution in [1.29, 1.82) is 0 Å². The molecule has 4 nitrogen and oxygen atoms in total. The Morgan fingerprint density at radius 1 is 1.00 bits per heavy atom. The van der Waals surface area contributed by atoms with Gasteiger partial charge in [-0.1, -0.05) is 60.7 Å². The Balaban J connectivity index is 0.00000220. The first-order chi connectivity index (χ1) is 9.54. The van der Waals surface area contributed by atoms with Gasteiger partial charge in [0, 0.05) is 0 Å². The summed E-state index contributed by atoms with van der Waals surface area (Å²) in [6.07, 6.45) is 4.28. The number of hydrogen-bond donors (Lipinski definition) is 0. The second kappa shape index (κ2) is 8.36. The molecule has 0 bridgehead atoms. The molecule has 0 radical (unpaired) electrons. The molecule has 0 heterocycles. The largest absolute Gasteiger partial charge is 1.00 e. The smallest absolute Gasteiger partial charge is 0.716 e. The summed E-state index contributed by atoms with van der Waals surface area (Å²) in [4.78, 5) is 0. The summed E-state index contributed by atoms with van der Waals surface area (Å²) in [6.45, 7) is 0. The van der Waals surface area contributed by atoms with E-state index in [0.29, 0.717) is 12.0 Å². The zero-order chi connectivity index (χ0) is 14.4. The molecule has 6 heteroatoms. The van der Waals surface area contributed by atoms with E-state index in [0.717, 1.165) is 5.56 Å². The molecule has 0 saturated carbocycles. The first-order valence-corrected chi connectivity index (χ1v) is 7.33. The van der Waals surface area contributed by atoms with E-state index in [4.69, 9.17) is 0 Å². The third-order valence-corrected chi connectivity index (χ3v) is 3.00. The van der Waals surface area contributed by atoms with Crippen LogP contribution in [0, 0.1) is 0 Å². The van der Waals surface area contributed by atoms with Crippen LogP contribution < -0.4 is 33.7 Å². The minimum Gasteiger partial charge on any atom is -0.716 e. The summed E-state index contributed by atoms with van der Waals surface area (Å²) in [5.74, 6) is 0.0696. The number of rotatable bonds is 5. The molecule has 0 aromatic heterocycles. The van der Waals surface area contributed by atoms with Gasteiger partial charge in [0.2, 0.25) is 0 Å².